The Balaban J connectivity index is 0.000000142. The number of nitrogens with zero attached hydrogens (tertiary/aromatic N) is 4. The average molecular weight is 559 g/mol. The van der Waals surface area contributed by atoms with Crippen LogP contribution in [-0.2, 0) is 4.79 Å². The number of para-hydroxylation sites is 6. The van der Waals surface area contributed by atoms with E-state index < -0.39 is 0 Å². The molecule has 7 rings (SSSR count). The SMILES string of the molecule is C1=Nc2ccccc2Oc2ccccc21.CC(=O)/C(C)=N\O.Cc1nc2n(c1C)-c1ccccc1Oc1ccccc1-2. The second kappa shape index (κ2) is 12.3. The molecule has 0 saturated heterocycles. The van der Waals surface area contributed by atoms with Gasteiger partial charge in [0.05, 0.1) is 16.9 Å². The number of aliphatic imine (C=N–C) groups is 1. The first-order chi connectivity index (χ1) is 20.4. The topological polar surface area (TPSA) is 98.3 Å². The highest BCUT2D eigenvalue weighted by molar-refractivity contribution is 6.37. The summed E-state index contributed by atoms with van der Waals surface area (Å²) in [5.41, 5.74) is 6.28. The lowest BCUT2D eigenvalue weighted by Gasteiger charge is -2.10. The summed E-state index contributed by atoms with van der Waals surface area (Å²) in [7, 11) is 0. The van der Waals surface area contributed by atoms with Crippen molar-refractivity contribution >= 4 is 23.4 Å². The van der Waals surface area contributed by atoms with Gasteiger partial charge in [-0.1, -0.05) is 53.7 Å². The summed E-state index contributed by atoms with van der Waals surface area (Å²) in [5.74, 6) is 4.11. The number of ketones is 1. The molecule has 2 aliphatic rings. The lowest BCUT2D eigenvalue weighted by molar-refractivity contribution is -0.111. The molecule has 5 aromatic rings. The van der Waals surface area contributed by atoms with Crippen molar-refractivity contribution < 1.29 is 19.5 Å². The minimum absolute atomic E-state index is 0.139. The molecule has 210 valence electrons. The average Bonchev–Trinajstić information content (AvgIpc) is 3.14. The molecular weight excluding hydrogens is 528 g/mol. The predicted molar refractivity (Wildman–Crippen MR) is 164 cm³/mol. The molecule has 0 saturated carbocycles. The van der Waals surface area contributed by atoms with Crippen LogP contribution in [0.2, 0.25) is 0 Å². The highest BCUT2D eigenvalue weighted by Crippen LogP contribution is 2.41. The van der Waals surface area contributed by atoms with E-state index in [2.05, 4.69) is 33.8 Å². The van der Waals surface area contributed by atoms with Gasteiger partial charge >= 0.3 is 0 Å². The monoisotopic (exact) mass is 558 g/mol. The molecule has 0 bridgehead atoms. The standard InChI is InChI=1S/C17H14N2O.C13H9NO.C4H7NO2/c1-11-12(2)19-14-8-4-6-10-16(14)20-15-9-5-3-7-13(15)17(19)18-11;1-3-7-12-10(5-1)9-14-11-6-2-4-8-13(11)15-12;1-3(5-7)4(2)6/h3-10H,1-2H3;1-9H;7H,1-2H3/b;;5-3-. The number of rotatable bonds is 1. The minimum atomic E-state index is -0.206. The third kappa shape index (κ3) is 5.83. The van der Waals surface area contributed by atoms with Gasteiger partial charge in [-0.15, -0.1) is 0 Å². The molecular formula is C34H30N4O4. The molecule has 1 aromatic heterocycles. The van der Waals surface area contributed by atoms with Gasteiger partial charge in [0.25, 0.3) is 0 Å². The Morgan fingerprint density at radius 1 is 0.762 bits per heavy atom. The van der Waals surface area contributed by atoms with Gasteiger partial charge in [0.15, 0.2) is 17.3 Å². The second-order valence-electron chi connectivity index (χ2n) is 9.61. The second-order valence-corrected chi connectivity index (χ2v) is 9.61. The Hall–Kier alpha value is -5.50. The van der Waals surface area contributed by atoms with Gasteiger partial charge < -0.3 is 14.7 Å². The number of aryl methyl sites for hydroxylation is 1. The van der Waals surface area contributed by atoms with E-state index in [4.69, 9.17) is 19.7 Å². The Morgan fingerprint density at radius 2 is 1.36 bits per heavy atom. The van der Waals surface area contributed by atoms with Crippen LogP contribution in [0.25, 0.3) is 17.1 Å². The Kier molecular flexibility index (Phi) is 8.24. The summed E-state index contributed by atoms with van der Waals surface area (Å²) in [5, 5.41) is 10.5. The summed E-state index contributed by atoms with van der Waals surface area (Å²) >= 11 is 0. The number of Topliss-reactive ketones (excluding diaryl/α,β-unsaturated/α-hetero) is 1. The third-order valence-corrected chi connectivity index (χ3v) is 6.80. The smallest absolute Gasteiger partial charge is 0.177 e. The van der Waals surface area contributed by atoms with Gasteiger partial charge in [-0.05, 0) is 69.3 Å². The first-order valence-electron chi connectivity index (χ1n) is 13.4. The summed E-state index contributed by atoms with van der Waals surface area (Å²) in [6.07, 6.45) is 1.83. The number of benzene rings is 4. The molecule has 0 fully saturated rings. The van der Waals surface area contributed by atoms with Gasteiger partial charge in [0.2, 0.25) is 0 Å². The first kappa shape index (κ1) is 28.0. The van der Waals surface area contributed by atoms with E-state index in [0.717, 1.165) is 62.7 Å². The Morgan fingerprint density at radius 3 is 2.07 bits per heavy atom. The number of aromatic nitrogens is 2. The number of hydrogen-bond donors (Lipinski definition) is 1. The molecule has 0 spiro atoms. The van der Waals surface area contributed by atoms with Crippen LogP contribution in [0.1, 0.15) is 30.8 Å². The van der Waals surface area contributed by atoms with Gasteiger partial charge in [0.1, 0.15) is 28.7 Å². The molecule has 8 nitrogen and oxygen atoms in total. The van der Waals surface area contributed by atoms with Crippen LogP contribution in [0.15, 0.2) is 107 Å². The fourth-order valence-electron chi connectivity index (χ4n) is 4.33. The van der Waals surface area contributed by atoms with Crippen molar-refractivity contribution in [3.05, 3.63) is 114 Å². The van der Waals surface area contributed by atoms with Crippen LogP contribution in [0.5, 0.6) is 23.0 Å². The lowest BCUT2D eigenvalue weighted by atomic mass is 10.2. The molecule has 0 aliphatic carbocycles. The van der Waals surface area contributed by atoms with Crippen molar-refractivity contribution in [2.24, 2.45) is 10.1 Å². The minimum Gasteiger partial charge on any atom is -0.454 e. The molecule has 0 unspecified atom stereocenters. The third-order valence-electron chi connectivity index (χ3n) is 6.80. The van der Waals surface area contributed by atoms with Crippen molar-refractivity contribution in [2.45, 2.75) is 27.7 Å². The summed E-state index contributed by atoms with van der Waals surface area (Å²) in [6, 6.07) is 31.8. The molecule has 8 heteroatoms. The number of carbonyl (C=O) groups is 1. The molecule has 42 heavy (non-hydrogen) atoms. The Bertz CT molecular complexity index is 1770. The lowest BCUT2D eigenvalue weighted by Crippen LogP contribution is -2.02. The normalized spacial score (nSPS) is 12.0. The highest BCUT2D eigenvalue weighted by Gasteiger charge is 2.23. The zero-order valence-electron chi connectivity index (χ0n) is 23.8. The number of carbonyl (C=O) groups excluding carboxylic acids is 1. The molecule has 0 radical (unpaired) electrons. The maximum Gasteiger partial charge on any atom is 0.177 e. The van der Waals surface area contributed by atoms with Gasteiger partial charge in [-0.2, -0.15) is 0 Å². The molecule has 1 N–H and O–H groups in total. The quantitative estimate of drug-likeness (QED) is 0.124. The number of oxime groups is 1. The fraction of sp³-hybridized carbons (Fsp3) is 0.118. The summed E-state index contributed by atoms with van der Waals surface area (Å²) in [6.45, 7) is 6.93. The molecule has 2 aliphatic heterocycles. The molecule has 0 atom stereocenters. The maximum atomic E-state index is 10.1. The van der Waals surface area contributed by atoms with Crippen molar-refractivity contribution in [1.82, 2.24) is 9.55 Å². The summed E-state index contributed by atoms with van der Waals surface area (Å²) in [4.78, 5) is 19.2. The number of ether oxygens (including phenoxy) is 2. The van der Waals surface area contributed by atoms with E-state index in [1.165, 1.54) is 13.8 Å². The largest absolute Gasteiger partial charge is 0.454 e. The van der Waals surface area contributed by atoms with Crippen molar-refractivity contribution in [2.75, 3.05) is 0 Å². The van der Waals surface area contributed by atoms with E-state index in [1.54, 1.807) is 0 Å². The Labute approximate surface area is 244 Å². The van der Waals surface area contributed by atoms with Crippen LogP contribution < -0.4 is 9.47 Å². The van der Waals surface area contributed by atoms with Crippen LogP contribution in [-0.4, -0.2) is 32.5 Å². The first-order valence-corrected chi connectivity index (χ1v) is 13.4. The molecule has 4 aromatic carbocycles. The number of imidazole rings is 1. The van der Waals surface area contributed by atoms with E-state index in [1.807, 2.05) is 98.1 Å². The fourth-order valence-corrected chi connectivity index (χ4v) is 4.33. The maximum absolute atomic E-state index is 10.1. The van der Waals surface area contributed by atoms with Crippen molar-refractivity contribution in [1.29, 1.82) is 0 Å². The van der Waals surface area contributed by atoms with Crippen LogP contribution in [0, 0.1) is 13.8 Å². The summed E-state index contributed by atoms with van der Waals surface area (Å²) < 4.78 is 14.0. The van der Waals surface area contributed by atoms with E-state index >= 15 is 0 Å². The van der Waals surface area contributed by atoms with Gasteiger partial charge in [-0.25, -0.2) is 4.98 Å². The zero-order valence-corrected chi connectivity index (χ0v) is 23.8. The van der Waals surface area contributed by atoms with Crippen LogP contribution in [0.4, 0.5) is 5.69 Å². The highest BCUT2D eigenvalue weighted by atomic mass is 16.5. The number of fused-ring (bicyclic) bond motifs is 7. The van der Waals surface area contributed by atoms with Crippen molar-refractivity contribution in [3.8, 4) is 40.1 Å². The van der Waals surface area contributed by atoms with Crippen LogP contribution >= 0.6 is 0 Å². The molecule has 0 amide bonds. The van der Waals surface area contributed by atoms with Gasteiger partial charge in [0, 0.05) is 24.4 Å². The van der Waals surface area contributed by atoms with E-state index in [-0.39, 0.29) is 11.5 Å². The zero-order chi connectivity index (χ0) is 29.6. The number of hydrogen-bond acceptors (Lipinski definition) is 7. The van der Waals surface area contributed by atoms with Crippen molar-refractivity contribution in [3.63, 3.8) is 0 Å². The van der Waals surface area contributed by atoms with E-state index in [0.29, 0.717) is 0 Å². The molecule has 3 heterocycles. The van der Waals surface area contributed by atoms with Crippen LogP contribution in [0.3, 0.4) is 0 Å². The predicted octanol–water partition coefficient (Wildman–Crippen LogP) is 8.23. The van der Waals surface area contributed by atoms with Gasteiger partial charge in [-0.3, -0.25) is 14.4 Å². The van der Waals surface area contributed by atoms with E-state index in [9.17, 15) is 4.79 Å².